The first-order valence-corrected chi connectivity index (χ1v) is 6.59. The lowest BCUT2D eigenvalue weighted by molar-refractivity contribution is -0.118. The van der Waals surface area contributed by atoms with Gasteiger partial charge in [0.2, 0.25) is 5.91 Å². The van der Waals surface area contributed by atoms with Gasteiger partial charge in [0, 0.05) is 12.6 Å². The number of unbranched alkanes of at least 4 members (excludes halogenated alkanes) is 1. The van der Waals surface area contributed by atoms with Gasteiger partial charge in [-0.1, -0.05) is 0 Å². The molecule has 5 heteroatoms. The minimum atomic E-state index is 0.0270. The van der Waals surface area contributed by atoms with Crippen LogP contribution in [-0.2, 0) is 4.79 Å². The van der Waals surface area contributed by atoms with Crippen molar-refractivity contribution >= 4 is 17.8 Å². The molecule has 2 rings (SSSR count). The summed E-state index contributed by atoms with van der Waals surface area (Å²) in [7, 11) is 0. The standard InChI is InChI=1S/C14H19N3O2/c15-9-1-2-11-19-13-7-5-12(6-8-13)17-14(18)4-3-10-16-17/h5-8,10H,1-4,9,11,15H2. The van der Waals surface area contributed by atoms with Crippen molar-refractivity contribution in [1.29, 1.82) is 0 Å². The van der Waals surface area contributed by atoms with Gasteiger partial charge in [-0.25, -0.2) is 5.01 Å². The summed E-state index contributed by atoms with van der Waals surface area (Å²) in [4.78, 5) is 11.7. The second kappa shape index (κ2) is 6.89. The van der Waals surface area contributed by atoms with E-state index in [1.165, 1.54) is 5.01 Å². The Kier molecular flexibility index (Phi) is 4.92. The van der Waals surface area contributed by atoms with Crippen molar-refractivity contribution < 1.29 is 9.53 Å². The van der Waals surface area contributed by atoms with E-state index in [2.05, 4.69) is 5.10 Å². The number of anilines is 1. The Labute approximate surface area is 113 Å². The van der Waals surface area contributed by atoms with E-state index in [1.807, 2.05) is 24.3 Å². The lowest BCUT2D eigenvalue weighted by Gasteiger charge is -2.20. The summed E-state index contributed by atoms with van der Waals surface area (Å²) >= 11 is 0. The summed E-state index contributed by atoms with van der Waals surface area (Å²) in [5.74, 6) is 0.827. The molecule has 1 amide bonds. The number of rotatable bonds is 6. The Morgan fingerprint density at radius 2 is 2.05 bits per heavy atom. The van der Waals surface area contributed by atoms with Gasteiger partial charge in [0.05, 0.1) is 12.3 Å². The number of carbonyl (C=O) groups is 1. The van der Waals surface area contributed by atoms with Crippen LogP contribution in [0.2, 0.25) is 0 Å². The van der Waals surface area contributed by atoms with E-state index < -0.39 is 0 Å². The first-order chi connectivity index (χ1) is 9.31. The first-order valence-electron chi connectivity index (χ1n) is 6.59. The molecule has 0 spiro atoms. The molecule has 1 aromatic rings. The van der Waals surface area contributed by atoms with Gasteiger partial charge < -0.3 is 10.5 Å². The first kappa shape index (κ1) is 13.5. The molecule has 1 aliphatic heterocycles. The van der Waals surface area contributed by atoms with E-state index >= 15 is 0 Å². The summed E-state index contributed by atoms with van der Waals surface area (Å²) in [6.07, 6.45) is 4.92. The third-order valence-corrected chi connectivity index (χ3v) is 2.87. The molecular weight excluding hydrogens is 242 g/mol. The van der Waals surface area contributed by atoms with Crippen molar-refractivity contribution in [1.82, 2.24) is 0 Å². The SMILES string of the molecule is NCCCCOc1ccc(N2N=CCCC2=O)cc1. The van der Waals surface area contributed by atoms with Crippen LogP contribution >= 0.6 is 0 Å². The highest BCUT2D eigenvalue weighted by Gasteiger charge is 2.16. The van der Waals surface area contributed by atoms with Crippen LogP contribution in [0, 0.1) is 0 Å². The Bertz CT molecular complexity index is 443. The van der Waals surface area contributed by atoms with Gasteiger partial charge >= 0.3 is 0 Å². The number of hydrazone groups is 1. The molecule has 0 unspecified atom stereocenters. The zero-order valence-electron chi connectivity index (χ0n) is 10.9. The van der Waals surface area contributed by atoms with Crippen LogP contribution in [0.15, 0.2) is 29.4 Å². The van der Waals surface area contributed by atoms with Gasteiger partial charge in [-0.05, 0) is 50.1 Å². The minimum Gasteiger partial charge on any atom is -0.494 e. The molecule has 0 aromatic heterocycles. The third kappa shape index (κ3) is 3.79. The van der Waals surface area contributed by atoms with Crippen molar-refractivity contribution in [3.05, 3.63) is 24.3 Å². The van der Waals surface area contributed by atoms with E-state index in [0.717, 1.165) is 30.7 Å². The molecule has 0 saturated carbocycles. The van der Waals surface area contributed by atoms with E-state index in [0.29, 0.717) is 19.6 Å². The van der Waals surface area contributed by atoms with E-state index in [-0.39, 0.29) is 5.91 Å². The summed E-state index contributed by atoms with van der Waals surface area (Å²) in [6, 6.07) is 7.40. The maximum absolute atomic E-state index is 11.7. The quantitative estimate of drug-likeness (QED) is 0.795. The molecule has 0 atom stereocenters. The Morgan fingerprint density at radius 1 is 1.26 bits per heavy atom. The largest absolute Gasteiger partial charge is 0.494 e. The van der Waals surface area contributed by atoms with Gasteiger partial charge in [0.1, 0.15) is 5.75 Å². The maximum Gasteiger partial charge on any atom is 0.247 e. The topological polar surface area (TPSA) is 67.9 Å². The summed E-state index contributed by atoms with van der Waals surface area (Å²) < 4.78 is 5.58. The van der Waals surface area contributed by atoms with E-state index in [9.17, 15) is 4.79 Å². The van der Waals surface area contributed by atoms with Crippen LogP contribution in [0.25, 0.3) is 0 Å². The van der Waals surface area contributed by atoms with Crippen LogP contribution < -0.4 is 15.5 Å². The Morgan fingerprint density at radius 3 is 2.74 bits per heavy atom. The molecule has 0 radical (unpaired) electrons. The molecule has 1 aromatic carbocycles. The lowest BCUT2D eigenvalue weighted by atomic mass is 10.2. The number of hydrogen-bond acceptors (Lipinski definition) is 4. The van der Waals surface area contributed by atoms with Crippen LogP contribution in [0.4, 0.5) is 5.69 Å². The van der Waals surface area contributed by atoms with Crippen molar-refractivity contribution in [2.24, 2.45) is 10.8 Å². The van der Waals surface area contributed by atoms with Gasteiger partial charge in [-0.3, -0.25) is 4.79 Å². The lowest BCUT2D eigenvalue weighted by Crippen LogP contribution is -2.28. The molecular formula is C14H19N3O2. The predicted molar refractivity (Wildman–Crippen MR) is 75.4 cm³/mol. The van der Waals surface area contributed by atoms with Crippen molar-refractivity contribution in [2.75, 3.05) is 18.2 Å². The smallest absolute Gasteiger partial charge is 0.247 e. The number of benzene rings is 1. The zero-order chi connectivity index (χ0) is 13.5. The normalized spacial score (nSPS) is 14.8. The second-order valence-corrected chi connectivity index (χ2v) is 4.38. The average molecular weight is 261 g/mol. The number of hydrogen-bond donors (Lipinski definition) is 1. The second-order valence-electron chi connectivity index (χ2n) is 4.38. The highest BCUT2D eigenvalue weighted by Crippen LogP contribution is 2.22. The van der Waals surface area contributed by atoms with Gasteiger partial charge in [-0.15, -0.1) is 0 Å². The number of nitrogens with zero attached hydrogens (tertiary/aromatic N) is 2. The number of carbonyl (C=O) groups excluding carboxylic acids is 1. The van der Waals surface area contributed by atoms with Crippen LogP contribution in [-0.4, -0.2) is 25.3 Å². The zero-order valence-corrected chi connectivity index (χ0v) is 10.9. The van der Waals surface area contributed by atoms with Crippen LogP contribution in [0.1, 0.15) is 25.7 Å². The fourth-order valence-electron chi connectivity index (χ4n) is 1.83. The van der Waals surface area contributed by atoms with Gasteiger partial charge in [0.25, 0.3) is 0 Å². The monoisotopic (exact) mass is 261 g/mol. The molecule has 2 N–H and O–H groups in total. The summed E-state index contributed by atoms with van der Waals surface area (Å²) in [5.41, 5.74) is 6.19. The highest BCUT2D eigenvalue weighted by molar-refractivity contribution is 5.96. The fourth-order valence-corrected chi connectivity index (χ4v) is 1.83. The predicted octanol–water partition coefficient (Wildman–Crippen LogP) is 1.92. The molecule has 1 heterocycles. The number of nitrogens with two attached hydrogens (primary N) is 1. The van der Waals surface area contributed by atoms with Crippen LogP contribution in [0.5, 0.6) is 5.75 Å². The molecule has 5 nitrogen and oxygen atoms in total. The van der Waals surface area contributed by atoms with E-state index in [1.54, 1.807) is 6.21 Å². The number of ether oxygens (including phenoxy) is 1. The molecule has 0 saturated heterocycles. The number of amides is 1. The molecule has 0 aliphatic carbocycles. The fraction of sp³-hybridized carbons (Fsp3) is 0.429. The minimum absolute atomic E-state index is 0.0270. The molecule has 0 fully saturated rings. The molecule has 1 aliphatic rings. The maximum atomic E-state index is 11.7. The van der Waals surface area contributed by atoms with Gasteiger partial charge in [0.15, 0.2) is 0 Å². The molecule has 0 bridgehead atoms. The van der Waals surface area contributed by atoms with Crippen LogP contribution in [0.3, 0.4) is 0 Å². The summed E-state index contributed by atoms with van der Waals surface area (Å²) in [5, 5.41) is 5.53. The van der Waals surface area contributed by atoms with E-state index in [4.69, 9.17) is 10.5 Å². The molecule has 19 heavy (non-hydrogen) atoms. The van der Waals surface area contributed by atoms with Crippen molar-refractivity contribution in [3.63, 3.8) is 0 Å². The van der Waals surface area contributed by atoms with Crippen molar-refractivity contribution in [2.45, 2.75) is 25.7 Å². The van der Waals surface area contributed by atoms with Crippen molar-refractivity contribution in [3.8, 4) is 5.75 Å². The Balaban J connectivity index is 1.92. The Hall–Kier alpha value is -1.88. The molecule has 102 valence electrons. The third-order valence-electron chi connectivity index (χ3n) is 2.87. The highest BCUT2D eigenvalue weighted by atomic mass is 16.5. The average Bonchev–Trinajstić information content (AvgIpc) is 2.45. The van der Waals surface area contributed by atoms with Gasteiger partial charge in [-0.2, -0.15) is 5.10 Å². The summed E-state index contributed by atoms with van der Waals surface area (Å²) in [6.45, 7) is 1.36.